The van der Waals surface area contributed by atoms with Crippen LogP contribution in [0.1, 0.15) is 12.8 Å². The smallest absolute Gasteiger partial charge is 0.330 e. The van der Waals surface area contributed by atoms with Gasteiger partial charge < -0.3 is 4.90 Å². The van der Waals surface area contributed by atoms with Gasteiger partial charge in [0.05, 0.1) is 6.26 Å². The minimum absolute atomic E-state index is 0.156. The van der Waals surface area contributed by atoms with Crippen LogP contribution in [-0.4, -0.2) is 62.1 Å². The lowest BCUT2D eigenvalue weighted by Crippen LogP contribution is -2.46. The highest BCUT2D eigenvalue weighted by Crippen LogP contribution is 2.24. The van der Waals surface area contributed by atoms with Gasteiger partial charge in [0.25, 0.3) is 0 Å². The van der Waals surface area contributed by atoms with Crippen molar-refractivity contribution in [2.24, 2.45) is 5.92 Å². The molecule has 0 N–H and O–H groups in total. The lowest BCUT2D eigenvalue weighted by atomic mass is 9.96. The second-order valence-electron chi connectivity index (χ2n) is 5.06. The summed E-state index contributed by atoms with van der Waals surface area (Å²) in [7, 11) is -3.32. The molecule has 0 aromatic carbocycles. The number of rotatable bonds is 5. The van der Waals surface area contributed by atoms with E-state index >= 15 is 0 Å². The van der Waals surface area contributed by atoms with Crippen LogP contribution in [0.3, 0.4) is 0 Å². The molecule has 0 spiro atoms. The number of alkyl halides is 3. The van der Waals surface area contributed by atoms with E-state index in [1.165, 1.54) is 10.4 Å². The van der Waals surface area contributed by atoms with Crippen molar-refractivity contribution >= 4 is 15.9 Å². The summed E-state index contributed by atoms with van der Waals surface area (Å²) in [6.45, 7) is 2.17. The first kappa shape index (κ1) is 18.0. The first-order valence-electron chi connectivity index (χ1n) is 6.46. The van der Waals surface area contributed by atoms with Crippen LogP contribution >= 0.6 is 0 Å². The average Bonchev–Trinajstić information content (AvgIpc) is 2.35. The van der Waals surface area contributed by atoms with Gasteiger partial charge in [-0.25, -0.2) is 12.7 Å². The Balaban J connectivity index is 2.67. The molecule has 1 saturated heterocycles. The highest BCUT2D eigenvalue weighted by molar-refractivity contribution is 7.88. The largest absolute Gasteiger partial charge is 0.406 e. The maximum atomic E-state index is 12.5. The van der Waals surface area contributed by atoms with Crippen LogP contribution in [0.15, 0.2) is 12.7 Å². The molecule has 5 nitrogen and oxygen atoms in total. The van der Waals surface area contributed by atoms with Gasteiger partial charge in [0.15, 0.2) is 0 Å². The minimum atomic E-state index is -4.47. The monoisotopic (exact) mass is 328 g/mol. The molecular weight excluding hydrogens is 309 g/mol. The minimum Gasteiger partial charge on any atom is -0.330 e. The number of hydrogen-bond acceptors (Lipinski definition) is 3. The van der Waals surface area contributed by atoms with E-state index in [9.17, 15) is 26.4 Å². The van der Waals surface area contributed by atoms with Gasteiger partial charge >= 0.3 is 6.18 Å². The summed E-state index contributed by atoms with van der Waals surface area (Å²) in [4.78, 5) is 12.8. The summed E-state index contributed by atoms with van der Waals surface area (Å²) in [5.74, 6) is -1.18. The van der Waals surface area contributed by atoms with Crippen LogP contribution in [0.4, 0.5) is 13.2 Å². The van der Waals surface area contributed by atoms with Crippen molar-refractivity contribution in [1.29, 1.82) is 0 Å². The Morgan fingerprint density at radius 3 is 2.29 bits per heavy atom. The average molecular weight is 328 g/mol. The first-order valence-corrected chi connectivity index (χ1v) is 8.31. The third-order valence-corrected chi connectivity index (χ3v) is 4.61. The molecule has 1 aliphatic rings. The standard InChI is InChI=1S/C12H19F3N2O3S/c1-3-6-16(9-12(13,14)15)11(18)10-4-7-17(8-5-10)21(2,19)20/h3,10H,1,4-9H2,2H3. The summed E-state index contributed by atoms with van der Waals surface area (Å²) < 4.78 is 61.3. The number of carbonyl (C=O) groups is 1. The van der Waals surface area contributed by atoms with Crippen molar-refractivity contribution in [2.75, 3.05) is 32.4 Å². The van der Waals surface area contributed by atoms with E-state index in [2.05, 4.69) is 6.58 Å². The van der Waals surface area contributed by atoms with Crippen LogP contribution in [0.25, 0.3) is 0 Å². The fourth-order valence-corrected chi connectivity index (χ4v) is 3.17. The molecule has 0 aromatic rings. The maximum absolute atomic E-state index is 12.5. The Hall–Kier alpha value is -1.09. The summed E-state index contributed by atoms with van der Waals surface area (Å²) in [6, 6.07) is 0. The molecule has 122 valence electrons. The zero-order valence-corrected chi connectivity index (χ0v) is 12.6. The Morgan fingerprint density at radius 1 is 1.38 bits per heavy atom. The van der Waals surface area contributed by atoms with E-state index < -0.39 is 34.6 Å². The van der Waals surface area contributed by atoms with Crippen LogP contribution in [-0.2, 0) is 14.8 Å². The number of nitrogens with zero attached hydrogens (tertiary/aromatic N) is 2. The summed E-state index contributed by atoms with van der Waals surface area (Å²) in [6.07, 6.45) is -1.68. The number of piperidine rings is 1. The maximum Gasteiger partial charge on any atom is 0.406 e. The van der Waals surface area contributed by atoms with Crippen LogP contribution in [0, 0.1) is 5.92 Å². The van der Waals surface area contributed by atoms with Gasteiger partial charge in [0.2, 0.25) is 15.9 Å². The lowest BCUT2D eigenvalue weighted by Gasteiger charge is -2.33. The van der Waals surface area contributed by atoms with Gasteiger partial charge in [-0.15, -0.1) is 6.58 Å². The van der Waals surface area contributed by atoms with Gasteiger partial charge in [-0.05, 0) is 12.8 Å². The SMILES string of the molecule is C=CCN(CC(F)(F)F)C(=O)C1CCN(S(C)(=O)=O)CC1. The Bertz CT molecular complexity index is 482. The molecule has 0 saturated carbocycles. The normalized spacial score (nSPS) is 18.5. The van der Waals surface area contributed by atoms with Gasteiger partial charge in [-0.3, -0.25) is 4.79 Å². The zero-order chi connectivity index (χ0) is 16.3. The van der Waals surface area contributed by atoms with Crippen LogP contribution in [0.2, 0.25) is 0 Å². The molecule has 1 rings (SSSR count). The van der Waals surface area contributed by atoms with E-state index in [0.717, 1.165) is 6.26 Å². The quantitative estimate of drug-likeness (QED) is 0.714. The van der Waals surface area contributed by atoms with E-state index in [0.29, 0.717) is 4.90 Å². The number of hydrogen-bond donors (Lipinski definition) is 0. The lowest BCUT2D eigenvalue weighted by molar-refractivity contribution is -0.163. The van der Waals surface area contributed by atoms with Crippen molar-refractivity contribution in [1.82, 2.24) is 9.21 Å². The fraction of sp³-hybridized carbons (Fsp3) is 0.750. The predicted molar refractivity (Wildman–Crippen MR) is 72.0 cm³/mol. The predicted octanol–water partition coefficient (Wildman–Crippen LogP) is 1.23. The van der Waals surface area contributed by atoms with E-state index in [1.807, 2.05) is 0 Å². The molecule has 0 aliphatic carbocycles. The van der Waals surface area contributed by atoms with Crippen LogP contribution in [0.5, 0.6) is 0 Å². The zero-order valence-electron chi connectivity index (χ0n) is 11.8. The second kappa shape index (κ2) is 6.78. The third-order valence-electron chi connectivity index (χ3n) is 3.30. The topological polar surface area (TPSA) is 57.7 Å². The molecule has 21 heavy (non-hydrogen) atoms. The molecule has 0 radical (unpaired) electrons. The molecule has 0 bridgehead atoms. The molecule has 1 amide bonds. The highest BCUT2D eigenvalue weighted by atomic mass is 32.2. The van der Waals surface area contributed by atoms with Crippen molar-refractivity contribution in [3.63, 3.8) is 0 Å². The molecule has 9 heteroatoms. The Kier molecular flexibility index (Phi) is 5.80. The fourth-order valence-electron chi connectivity index (χ4n) is 2.30. The molecule has 1 aliphatic heterocycles. The molecule has 0 atom stereocenters. The molecule has 1 fully saturated rings. The van der Waals surface area contributed by atoms with Gasteiger partial charge in [0.1, 0.15) is 6.54 Å². The number of sulfonamides is 1. The molecule has 0 unspecified atom stereocenters. The van der Waals surface area contributed by atoms with E-state index in [4.69, 9.17) is 0 Å². The highest BCUT2D eigenvalue weighted by Gasteiger charge is 2.36. The second-order valence-corrected chi connectivity index (χ2v) is 7.04. The Labute approximate surface area is 122 Å². The molecular formula is C12H19F3N2O3S. The molecule has 0 aromatic heterocycles. The van der Waals surface area contributed by atoms with Gasteiger partial charge in [-0.1, -0.05) is 6.08 Å². The van der Waals surface area contributed by atoms with Crippen molar-refractivity contribution in [3.05, 3.63) is 12.7 Å². The number of halogens is 3. The van der Waals surface area contributed by atoms with Crippen molar-refractivity contribution in [3.8, 4) is 0 Å². The number of amides is 1. The summed E-state index contributed by atoms with van der Waals surface area (Å²) in [5, 5.41) is 0. The van der Waals surface area contributed by atoms with Crippen molar-refractivity contribution in [2.45, 2.75) is 19.0 Å². The van der Waals surface area contributed by atoms with Gasteiger partial charge in [0, 0.05) is 25.6 Å². The summed E-state index contributed by atoms with van der Waals surface area (Å²) in [5.41, 5.74) is 0. The van der Waals surface area contributed by atoms with E-state index in [-0.39, 0.29) is 32.5 Å². The Morgan fingerprint density at radius 2 is 1.90 bits per heavy atom. The third kappa shape index (κ3) is 5.66. The van der Waals surface area contributed by atoms with Gasteiger partial charge in [-0.2, -0.15) is 13.2 Å². The first-order chi connectivity index (χ1) is 9.54. The summed E-state index contributed by atoms with van der Waals surface area (Å²) >= 11 is 0. The molecule has 1 heterocycles. The number of carbonyl (C=O) groups excluding carboxylic acids is 1. The van der Waals surface area contributed by atoms with Crippen LogP contribution < -0.4 is 0 Å². The van der Waals surface area contributed by atoms with E-state index in [1.54, 1.807) is 0 Å². The van der Waals surface area contributed by atoms with Crippen molar-refractivity contribution < 1.29 is 26.4 Å².